The average Bonchev–Trinajstić information content (AvgIpc) is 2.86. The van der Waals surface area contributed by atoms with Crippen LogP contribution in [0.1, 0.15) is 66.7 Å². The molecule has 1 saturated heterocycles. The molecule has 0 bridgehead atoms. The lowest BCUT2D eigenvalue weighted by Gasteiger charge is -2.24. The van der Waals surface area contributed by atoms with Crippen LogP contribution in [0.25, 0.3) is 11.3 Å². The third kappa shape index (κ3) is 5.82. The summed E-state index contributed by atoms with van der Waals surface area (Å²) in [6.07, 6.45) is 3.26. The van der Waals surface area contributed by atoms with E-state index in [2.05, 4.69) is 20.5 Å². The van der Waals surface area contributed by atoms with Gasteiger partial charge in [-0.25, -0.2) is 4.39 Å². The quantitative estimate of drug-likeness (QED) is 0.476. The van der Waals surface area contributed by atoms with E-state index in [0.29, 0.717) is 48.6 Å². The minimum Gasteiger partial charge on any atom is -0.477 e. The zero-order chi connectivity index (χ0) is 25.0. The first-order valence-electron chi connectivity index (χ1n) is 11.9. The minimum atomic E-state index is -1.64. The number of pyridine rings is 1. The number of benzene rings is 1. The minimum absolute atomic E-state index is 0.208. The van der Waals surface area contributed by atoms with Gasteiger partial charge in [0.15, 0.2) is 0 Å². The Labute approximate surface area is 205 Å². The largest absolute Gasteiger partial charge is 0.477 e. The van der Waals surface area contributed by atoms with Crippen molar-refractivity contribution in [2.75, 3.05) is 25.1 Å². The number of ether oxygens (including phenoxy) is 2. The van der Waals surface area contributed by atoms with Gasteiger partial charge in [-0.05, 0) is 82.3 Å². The molecule has 0 aliphatic carbocycles. The number of amides is 1. The maximum Gasteiger partial charge on any atom is 0.255 e. The highest BCUT2D eigenvalue weighted by Gasteiger charge is 2.24. The van der Waals surface area contributed by atoms with E-state index in [0.717, 1.165) is 29.5 Å². The van der Waals surface area contributed by atoms with Crippen molar-refractivity contribution >= 4 is 11.6 Å². The van der Waals surface area contributed by atoms with Crippen LogP contribution in [0.4, 0.5) is 10.1 Å². The normalized spacial score (nSPS) is 14.5. The first-order valence-corrected chi connectivity index (χ1v) is 11.9. The van der Waals surface area contributed by atoms with Crippen LogP contribution in [-0.4, -0.2) is 40.9 Å². The second-order valence-electron chi connectivity index (χ2n) is 9.20. The van der Waals surface area contributed by atoms with Gasteiger partial charge in [-0.1, -0.05) is 6.07 Å². The summed E-state index contributed by atoms with van der Waals surface area (Å²) in [7, 11) is 0. The number of alkyl halides is 1. The standard InChI is InChI=1S/C27H31FN4O3/c1-5-35-26-22(18-9-12-34-13-10-18)16-23(31-32-26)21-15-20(7-6-17(21)2)30-25(33)19-8-11-29-24(14-19)27(3,4)28/h6-8,11,14-16,18H,5,9-10,12-13H2,1-4H3,(H,30,33). The van der Waals surface area contributed by atoms with Crippen LogP contribution < -0.4 is 10.1 Å². The fraction of sp³-hybridized carbons (Fsp3) is 0.407. The Morgan fingerprint density at radius 3 is 2.66 bits per heavy atom. The first kappa shape index (κ1) is 24.7. The van der Waals surface area contributed by atoms with Gasteiger partial charge in [-0.2, -0.15) is 0 Å². The number of rotatable bonds is 7. The molecule has 0 radical (unpaired) electrons. The fourth-order valence-electron chi connectivity index (χ4n) is 4.15. The predicted molar refractivity (Wildman–Crippen MR) is 132 cm³/mol. The van der Waals surface area contributed by atoms with Crippen molar-refractivity contribution in [3.05, 3.63) is 65.0 Å². The van der Waals surface area contributed by atoms with Crippen molar-refractivity contribution in [3.63, 3.8) is 0 Å². The predicted octanol–water partition coefficient (Wildman–Crippen LogP) is 5.60. The van der Waals surface area contributed by atoms with Gasteiger partial charge in [0.2, 0.25) is 5.88 Å². The Bertz CT molecular complexity index is 1200. The SMILES string of the molecule is CCOc1nnc(-c2cc(NC(=O)c3ccnc(C(C)(C)F)c3)ccc2C)cc1C1CCOCC1. The van der Waals surface area contributed by atoms with Gasteiger partial charge in [0, 0.05) is 41.8 Å². The maximum absolute atomic E-state index is 14.3. The molecular weight excluding hydrogens is 447 g/mol. The molecule has 1 fully saturated rings. The molecule has 1 N–H and O–H groups in total. The third-order valence-electron chi connectivity index (χ3n) is 6.13. The molecule has 4 rings (SSSR count). The van der Waals surface area contributed by atoms with E-state index in [-0.39, 0.29) is 11.6 Å². The molecule has 7 nitrogen and oxygen atoms in total. The molecule has 3 aromatic rings. The van der Waals surface area contributed by atoms with E-state index in [1.165, 1.54) is 26.1 Å². The molecule has 0 atom stereocenters. The summed E-state index contributed by atoms with van der Waals surface area (Å²) in [6.45, 7) is 8.69. The Kier molecular flexibility index (Phi) is 7.40. The highest BCUT2D eigenvalue weighted by atomic mass is 19.1. The molecule has 1 aliphatic rings. The van der Waals surface area contributed by atoms with E-state index >= 15 is 0 Å². The van der Waals surface area contributed by atoms with Crippen LogP contribution in [-0.2, 0) is 10.4 Å². The summed E-state index contributed by atoms with van der Waals surface area (Å²) in [5.74, 6) is 0.520. The molecule has 1 aromatic carbocycles. The van der Waals surface area contributed by atoms with Gasteiger partial charge < -0.3 is 14.8 Å². The second kappa shape index (κ2) is 10.5. The molecule has 0 spiro atoms. The number of nitrogens with zero attached hydrogens (tertiary/aromatic N) is 3. The summed E-state index contributed by atoms with van der Waals surface area (Å²) in [4.78, 5) is 16.9. The smallest absolute Gasteiger partial charge is 0.255 e. The molecule has 35 heavy (non-hydrogen) atoms. The monoisotopic (exact) mass is 478 g/mol. The highest BCUT2D eigenvalue weighted by molar-refractivity contribution is 6.04. The Morgan fingerprint density at radius 1 is 1.17 bits per heavy atom. The number of aryl methyl sites for hydroxylation is 1. The van der Waals surface area contributed by atoms with Crippen LogP contribution in [0.3, 0.4) is 0 Å². The molecule has 0 saturated carbocycles. The topological polar surface area (TPSA) is 86.2 Å². The lowest BCUT2D eigenvalue weighted by atomic mass is 9.91. The maximum atomic E-state index is 14.3. The van der Waals surface area contributed by atoms with E-state index in [9.17, 15) is 9.18 Å². The average molecular weight is 479 g/mol. The second-order valence-corrected chi connectivity index (χ2v) is 9.20. The molecule has 1 amide bonds. The third-order valence-corrected chi connectivity index (χ3v) is 6.13. The Hall–Kier alpha value is -3.39. The summed E-state index contributed by atoms with van der Waals surface area (Å²) < 4.78 is 25.6. The molecule has 8 heteroatoms. The summed E-state index contributed by atoms with van der Waals surface area (Å²) >= 11 is 0. The van der Waals surface area contributed by atoms with Crippen molar-refractivity contribution in [1.82, 2.24) is 15.2 Å². The number of hydrogen-bond donors (Lipinski definition) is 1. The van der Waals surface area contributed by atoms with Gasteiger partial charge in [0.25, 0.3) is 5.91 Å². The van der Waals surface area contributed by atoms with Crippen LogP contribution in [0.2, 0.25) is 0 Å². The molecule has 0 unspecified atom stereocenters. The number of halogens is 1. The Balaban J connectivity index is 1.63. The highest BCUT2D eigenvalue weighted by Crippen LogP contribution is 2.35. The lowest BCUT2D eigenvalue weighted by molar-refractivity contribution is 0.0844. The van der Waals surface area contributed by atoms with E-state index in [1.807, 2.05) is 38.1 Å². The zero-order valence-corrected chi connectivity index (χ0v) is 20.6. The van der Waals surface area contributed by atoms with Crippen molar-refractivity contribution in [1.29, 1.82) is 0 Å². The number of nitrogens with one attached hydrogen (secondary N) is 1. The summed E-state index contributed by atoms with van der Waals surface area (Å²) in [5.41, 5.74) is 3.14. The van der Waals surface area contributed by atoms with E-state index in [4.69, 9.17) is 9.47 Å². The molecule has 1 aliphatic heterocycles. The number of anilines is 1. The van der Waals surface area contributed by atoms with Crippen molar-refractivity contribution in [2.24, 2.45) is 0 Å². The molecule has 2 aromatic heterocycles. The van der Waals surface area contributed by atoms with Crippen LogP contribution in [0.15, 0.2) is 42.6 Å². The van der Waals surface area contributed by atoms with Crippen LogP contribution >= 0.6 is 0 Å². The zero-order valence-electron chi connectivity index (χ0n) is 20.6. The van der Waals surface area contributed by atoms with Gasteiger partial charge in [-0.3, -0.25) is 9.78 Å². The van der Waals surface area contributed by atoms with Gasteiger partial charge in [0.1, 0.15) is 5.67 Å². The molecule has 3 heterocycles. The number of carbonyl (C=O) groups is 1. The van der Waals surface area contributed by atoms with Crippen molar-refractivity contribution in [2.45, 2.75) is 52.1 Å². The molecular formula is C27H31FN4O3. The molecule has 184 valence electrons. The first-order chi connectivity index (χ1) is 16.8. The lowest BCUT2D eigenvalue weighted by Crippen LogP contribution is -2.16. The van der Waals surface area contributed by atoms with Gasteiger partial charge in [0.05, 0.1) is 18.0 Å². The number of carbonyl (C=O) groups excluding carboxylic acids is 1. The van der Waals surface area contributed by atoms with Crippen molar-refractivity contribution in [3.8, 4) is 17.1 Å². The fourth-order valence-corrected chi connectivity index (χ4v) is 4.15. The summed E-state index contributed by atoms with van der Waals surface area (Å²) in [5, 5.41) is 11.7. The van der Waals surface area contributed by atoms with E-state index in [1.54, 1.807) is 6.07 Å². The Morgan fingerprint density at radius 2 is 1.94 bits per heavy atom. The van der Waals surface area contributed by atoms with Crippen molar-refractivity contribution < 1.29 is 18.7 Å². The van der Waals surface area contributed by atoms with E-state index < -0.39 is 5.67 Å². The van der Waals surface area contributed by atoms with Gasteiger partial charge >= 0.3 is 0 Å². The van der Waals surface area contributed by atoms with Crippen LogP contribution in [0.5, 0.6) is 5.88 Å². The van der Waals surface area contributed by atoms with Gasteiger partial charge in [-0.15, -0.1) is 10.2 Å². The van der Waals surface area contributed by atoms with Crippen LogP contribution in [0, 0.1) is 6.92 Å². The number of hydrogen-bond acceptors (Lipinski definition) is 6. The number of aromatic nitrogens is 3. The summed E-state index contributed by atoms with van der Waals surface area (Å²) in [6, 6.07) is 10.7.